The van der Waals surface area contributed by atoms with Crippen LogP contribution in [0.5, 0.6) is 0 Å². The van der Waals surface area contributed by atoms with Gasteiger partial charge in [-0.1, -0.05) is 0 Å². The number of halogens is 3. The van der Waals surface area contributed by atoms with E-state index in [0.717, 1.165) is 30.9 Å². The first-order valence-corrected chi connectivity index (χ1v) is 7.16. The van der Waals surface area contributed by atoms with Crippen molar-refractivity contribution in [2.45, 2.75) is 25.1 Å². The fourth-order valence-electron chi connectivity index (χ4n) is 2.10. The molecule has 0 aromatic carbocycles. The van der Waals surface area contributed by atoms with Gasteiger partial charge in [0.15, 0.2) is 0 Å². The summed E-state index contributed by atoms with van der Waals surface area (Å²) in [5.74, 6) is -1.07. The zero-order chi connectivity index (χ0) is 14.6. The number of anilines is 1. The normalized spacial score (nSPS) is 19.5. The molecule has 5 nitrogen and oxygen atoms in total. The van der Waals surface area contributed by atoms with E-state index in [-0.39, 0.29) is 6.04 Å². The van der Waals surface area contributed by atoms with E-state index in [4.69, 9.17) is 4.74 Å². The second-order valence-electron chi connectivity index (χ2n) is 4.63. The number of ether oxygens (including phenoxy) is 1. The number of hydrogen-bond acceptors (Lipinski definition) is 6. The predicted octanol–water partition coefficient (Wildman–Crippen LogP) is 1.76. The molecule has 0 bridgehead atoms. The van der Waals surface area contributed by atoms with Gasteiger partial charge in [-0.25, -0.2) is 0 Å². The molecule has 1 N–H and O–H groups in total. The third-order valence-electron chi connectivity index (χ3n) is 3.11. The third kappa shape index (κ3) is 4.03. The molecule has 1 aromatic heterocycles. The molecule has 114 valence electrons. The molecule has 1 aromatic rings. The van der Waals surface area contributed by atoms with Gasteiger partial charge < -0.3 is 15.0 Å². The highest BCUT2D eigenvalue weighted by molar-refractivity contribution is 7.09. The Morgan fingerprint density at radius 1 is 1.50 bits per heavy atom. The van der Waals surface area contributed by atoms with Crippen molar-refractivity contribution in [2.24, 2.45) is 0 Å². The quantitative estimate of drug-likeness (QED) is 0.868. The van der Waals surface area contributed by atoms with Gasteiger partial charge in [-0.15, -0.1) is 0 Å². The molecule has 20 heavy (non-hydrogen) atoms. The van der Waals surface area contributed by atoms with Crippen LogP contribution in [-0.4, -0.2) is 48.8 Å². The molecule has 0 aliphatic carbocycles. The van der Waals surface area contributed by atoms with E-state index in [2.05, 4.69) is 14.7 Å². The Morgan fingerprint density at radius 3 is 2.85 bits per heavy atom. The largest absolute Gasteiger partial charge is 0.452 e. The van der Waals surface area contributed by atoms with E-state index in [1.807, 2.05) is 0 Å². The minimum Gasteiger partial charge on any atom is -0.383 e. The molecule has 1 atom stereocenters. The van der Waals surface area contributed by atoms with Crippen molar-refractivity contribution < 1.29 is 17.9 Å². The molecular formula is C11H17F3N4OS. The Balaban J connectivity index is 2.06. The van der Waals surface area contributed by atoms with Gasteiger partial charge >= 0.3 is 6.18 Å². The van der Waals surface area contributed by atoms with Gasteiger partial charge in [-0.3, -0.25) is 0 Å². The zero-order valence-corrected chi connectivity index (χ0v) is 11.9. The van der Waals surface area contributed by atoms with Crippen LogP contribution in [-0.2, 0) is 10.9 Å². The van der Waals surface area contributed by atoms with E-state index >= 15 is 0 Å². The summed E-state index contributed by atoms with van der Waals surface area (Å²) in [6.07, 6.45) is -2.38. The van der Waals surface area contributed by atoms with Crippen LogP contribution in [0.15, 0.2) is 0 Å². The molecule has 0 amide bonds. The van der Waals surface area contributed by atoms with Crippen LogP contribution >= 0.6 is 11.5 Å². The molecule has 1 aliphatic heterocycles. The second kappa shape index (κ2) is 6.68. The summed E-state index contributed by atoms with van der Waals surface area (Å²) in [4.78, 5) is 5.41. The lowest BCUT2D eigenvalue weighted by Crippen LogP contribution is -2.39. The van der Waals surface area contributed by atoms with E-state index < -0.39 is 12.0 Å². The SMILES string of the molecule is COCCN(CC1CCCN1)c1nc(C(F)(F)F)ns1. The molecule has 2 heterocycles. The van der Waals surface area contributed by atoms with Crippen molar-refractivity contribution in [1.82, 2.24) is 14.7 Å². The molecule has 0 spiro atoms. The van der Waals surface area contributed by atoms with Crippen LogP contribution in [0.4, 0.5) is 18.3 Å². The number of rotatable bonds is 6. The molecule has 9 heteroatoms. The molecule has 1 saturated heterocycles. The molecule has 0 radical (unpaired) electrons. The number of aromatic nitrogens is 2. The highest BCUT2D eigenvalue weighted by Gasteiger charge is 2.36. The van der Waals surface area contributed by atoms with Crippen LogP contribution in [0.1, 0.15) is 18.7 Å². The Bertz CT molecular complexity index is 420. The van der Waals surface area contributed by atoms with Crippen molar-refractivity contribution in [3.63, 3.8) is 0 Å². The number of alkyl halides is 3. The predicted molar refractivity (Wildman–Crippen MR) is 70.0 cm³/mol. The molecule has 1 unspecified atom stereocenters. The van der Waals surface area contributed by atoms with Crippen LogP contribution in [0.3, 0.4) is 0 Å². The Hall–Kier alpha value is -0.930. The Labute approximate surface area is 119 Å². The number of nitrogens with one attached hydrogen (secondary N) is 1. The van der Waals surface area contributed by atoms with Crippen molar-refractivity contribution in [3.05, 3.63) is 5.82 Å². The summed E-state index contributed by atoms with van der Waals surface area (Å²) in [5, 5.41) is 3.62. The van der Waals surface area contributed by atoms with Crippen molar-refractivity contribution in [2.75, 3.05) is 38.3 Å². The van der Waals surface area contributed by atoms with Gasteiger partial charge in [0.25, 0.3) is 0 Å². The monoisotopic (exact) mass is 310 g/mol. The first-order valence-electron chi connectivity index (χ1n) is 6.39. The smallest absolute Gasteiger partial charge is 0.383 e. The van der Waals surface area contributed by atoms with Gasteiger partial charge in [0.2, 0.25) is 11.0 Å². The minimum atomic E-state index is -4.49. The Morgan fingerprint density at radius 2 is 2.30 bits per heavy atom. The average molecular weight is 310 g/mol. The zero-order valence-electron chi connectivity index (χ0n) is 11.1. The van der Waals surface area contributed by atoms with E-state index in [0.29, 0.717) is 24.8 Å². The van der Waals surface area contributed by atoms with Crippen molar-refractivity contribution in [1.29, 1.82) is 0 Å². The third-order valence-corrected chi connectivity index (χ3v) is 3.88. The van der Waals surface area contributed by atoms with E-state index in [1.54, 1.807) is 12.0 Å². The van der Waals surface area contributed by atoms with Gasteiger partial charge in [-0.2, -0.15) is 22.5 Å². The number of methoxy groups -OCH3 is 1. The maximum absolute atomic E-state index is 12.5. The second-order valence-corrected chi connectivity index (χ2v) is 5.36. The first kappa shape index (κ1) is 15.5. The fourth-order valence-corrected chi connectivity index (χ4v) is 2.83. The maximum atomic E-state index is 12.5. The summed E-state index contributed by atoms with van der Waals surface area (Å²) >= 11 is 0.780. The van der Waals surface area contributed by atoms with Crippen molar-refractivity contribution in [3.8, 4) is 0 Å². The number of hydrogen-bond donors (Lipinski definition) is 1. The summed E-state index contributed by atoms with van der Waals surface area (Å²) in [6, 6.07) is 0.282. The van der Waals surface area contributed by atoms with Crippen LogP contribution < -0.4 is 10.2 Å². The lowest BCUT2D eigenvalue weighted by Gasteiger charge is -2.24. The molecule has 1 fully saturated rings. The van der Waals surface area contributed by atoms with Crippen LogP contribution in [0.2, 0.25) is 0 Å². The van der Waals surface area contributed by atoms with Crippen LogP contribution in [0, 0.1) is 0 Å². The van der Waals surface area contributed by atoms with Crippen LogP contribution in [0.25, 0.3) is 0 Å². The molecular weight excluding hydrogens is 293 g/mol. The Kier molecular flexibility index (Phi) is 5.17. The standard InChI is InChI=1S/C11H17F3N4OS/c1-19-6-5-18(7-8-3-2-4-15-8)10-16-9(17-20-10)11(12,13)14/h8,15H,2-7H2,1H3. The maximum Gasteiger partial charge on any atom is 0.452 e. The lowest BCUT2D eigenvalue weighted by atomic mass is 10.2. The highest BCUT2D eigenvalue weighted by atomic mass is 32.1. The van der Waals surface area contributed by atoms with E-state index in [1.165, 1.54) is 0 Å². The minimum absolute atomic E-state index is 0.282. The van der Waals surface area contributed by atoms with Gasteiger partial charge in [0.05, 0.1) is 6.61 Å². The van der Waals surface area contributed by atoms with Crippen molar-refractivity contribution >= 4 is 16.7 Å². The topological polar surface area (TPSA) is 50.3 Å². The highest BCUT2D eigenvalue weighted by Crippen LogP contribution is 2.30. The van der Waals surface area contributed by atoms with Gasteiger partial charge in [0, 0.05) is 37.8 Å². The average Bonchev–Trinajstić information content (AvgIpc) is 3.04. The molecule has 2 rings (SSSR count). The fraction of sp³-hybridized carbons (Fsp3) is 0.818. The summed E-state index contributed by atoms with van der Waals surface area (Å²) in [5.41, 5.74) is 0. The summed E-state index contributed by atoms with van der Waals surface area (Å²) < 4.78 is 46.0. The lowest BCUT2D eigenvalue weighted by molar-refractivity contribution is -0.144. The first-order chi connectivity index (χ1) is 9.50. The summed E-state index contributed by atoms with van der Waals surface area (Å²) in [7, 11) is 1.56. The molecule has 0 saturated carbocycles. The van der Waals surface area contributed by atoms with Gasteiger partial charge in [-0.05, 0) is 19.4 Å². The molecule has 1 aliphatic rings. The number of nitrogens with zero attached hydrogens (tertiary/aromatic N) is 3. The van der Waals surface area contributed by atoms with Gasteiger partial charge in [0.1, 0.15) is 0 Å². The summed E-state index contributed by atoms with van der Waals surface area (Å²) in [6.45, 7) is 2.51. The van der Waals surface area contributed by atoms with E-state index in [9.17, 15) is 13.2 Å².